The molecule has 0 fully saturated rings. The highest BCUT2D eigenvalue weighted by molar-refractivity contribution is 6.24. The van der Waals surface area contributed by atoms with E-state index in [0.717, 1.165) is 29.7 Å². The lowest BCUT2D eigenvalue weighted by atomic mass is 9.98. The largest absolute Gasteiger partial charge is 0.352 e. The number of nitrogens with one attached hydrogen (secondary N) is 1. The molecule has 2 rings (SSSR count). The van der Waals surface area contributed by atoms with Crippen LogP contribution < -0.4 is 5.32 Å². The molecule has 0 aliphatic carbocycles. The summed E-state index contributed by atoms with van der Waals surface area (Å²) in [5.41, 5.74) is 2.71. The van der Waals surface area contributed by atoms with Crippen molar-refractivity contribution in [3.63, 3.8) is 0 Å². The van der Waals surface area contributed by atoms with Gasteiger partial charge in [-0.05, 0) is 29.5 Å². The summed E-state index contributed by atoms with van der Waals surface area (Å²) in [6.45, 7) is 5.15. The third-order valence-corrected chi connectivity index (χ3v) is 4.53. The summed E-state index contributed by atoms with van der Waals surface area (Å²) >= 11 is 0. The van der Waals surface area contributed by atoms with E-state index >= 15 is 0 Å². The predicted octanol–water partition coefficient (Wildman–Crippen LogP) is 5.56. The fraction of sp³-hybridized carbons (Fsp3) is 0.348. The van der Waals surface area contributed by atoms with Crippen LogP contribution in [0.15, 0.2) is 60.7 Å². The fourth-order valence-corrected chi connectivity index (χ4v) is 2.89. The van der Waals surface area contributed by atoms with Crippen LogP contribution in [0.3, 0.4) is 0 Å². The highest BCUT2D eigenvalue weighted by atomic mass is 16.1. The summed E-state index contributed by atoms with van der Waals surface area (Å²) in [6, 6.07) is 19.9. The predicted molar refractivity (Wildman–Crippen MR) is 107 cm³/mol. The van der Waals surface area contributed by atoms with Crippen LogP contribution in [0.4, 0.5) is 0 Å². The second-order valence-corrected chi connectivity index (χ2v) is 6.46. The van der Waals surface area contributed by atoms with Crippen molar-refractivity contribution >= 4 is 17.6 Å². The van der Waals surface area contributed by atoms with Crippen LogP contribution in [0, 0.1) is 5.92 Å². The number of carbonyl (C=O) groups excluding carboxylic acids is 1. The number of rotatable bonds is 9. The van der Waals surface area contributed by atoms with Gasteiger partial charge in [-0.3, -0.25) is 4.79 Å². The number of benzene rings is 2. The summed E-state index contributed by atoms with van der Waals surface area (Å²) in [7, 11) is 0. The van der Waals surface area contributed by atoms with E-state index < -0.39 is 0 Å². The van der Waals surface area contributed by atoms with E-state index in [2.05, 4.69) is 19.2 Å². The van der Waals surface area contributed by atoms with Gasteiger partial charge in [-0.2, -0.15) is 0 Å². The van der Waals surface area contributed by atoms with Crippen molar-refractivity contribution < 1.29 is 4.79 Å². The van der Waals surface area contributed by atoms with Crippen LogP contribution >= 0.6 is 0 Å². The molecule has 2 nitrogen and oxygen atoms in total. The molecule has 0 saturated carbocycles. The Bertz CT molecular complexity index is 661. The van der Waals surface area contributed by atoms with Crippen molar-refractivity contribution in [2.75, 3.05) is 6.54 Å². The SMILES string of the molecule is CCCCC(CC)CNC(=O)/C(=C\c1ccccc1)c1ccccc1. The summed E-state index contributed by atoms with van der Waals surface area (Å²) in [5.74, 6) is 0.558. The van der Waals surface area contributed by atoms with Crippen molar-refractivity contribution in [1.82, 2.24) is 5.32 Å². The van der Waals surface area contributed by atoms with Gasteiger partial charge >= 0.3 is 0 Å². The molecule has 0 spiro atoms. The molecule has 2 heteroatoms. The molecular weight excluding hydrogens is 306 g/mol. The average molecular weight is 335 g/mol. The first kappa shape index (κ1) is 19.0. The average Bonchev–Trinajstić information content (AvgIpc) is 2.67. The van der Waals surface area contributed by atoms with Gasteiger partial charge in [0.15, 0.2) is 0 Å². The molecule has 1 N–H and O–H groups in total. The Balaban J connectivity index is 2.15. The van der Waals surface area contributed by atoms with Crippen LogP contribution in [-0.2, 0) is 4.79 Å². The van der Waals surface area contributed by atoms with Gasteiger partial charge in [-0.1, -0.05) is 93.8 Å². The highest BCUT2D eigenvalue weighted by Gasteiger charge is 2.14. The normalized spacial score (nSPS) is 12.6. The topological polar surface area (TPSA) is 29.1 Å². The molecule has 0 aromatic heterocycles. The van der Waals surface area contributed by atoms with Gasteiger partial charge in [0.05, 0.1) is 0 Å². The fourth-order valence-electron chi connectivity index (χ4n) is 2.89. The van der Waals surface area contributed by atoms with Gasteiger partial charge < -0.3 is 5.32 Å². The Morgan fingerprint density at radius 2 is 1.64 bits per heavy atom. The Kier molecular flexibility index (Phi) is 7.97. The Labute approximate surface area is 152 Å². The van der Waals surface area contributed by atoms with E-state index in [1.165, 1.54) is 19.3 Å². The number of amides is 1. The van der Waals surface area contributed by atoms with E-state index in [1.54, 1.807) is 0 Å². The lowest BCUT2D eigenvalue weighted by molar-refractivity contribution is -0.115. The van der Waals surface area contributed by atoms with E-state index in [0.29, 0.717) is 5.92 Å². The van der Waals surface area contributed by atoms with Crippen molar-refractivity contribution in [3.05, 3.63) is 71.8 Å². The second kappa shape index (κ2) is 10.5. The Morgan fingerprint density at radius 3 is 2.24 bits per heavy atom. The first-order valence-electron chi connectivity index (χ1n) is 9.35. The lowest BCUT2D eigenvalue weighted by Gasteiger charge is -2.16. The minimum absolute atomic E-state index is 0.00463. The van der Waals surface area contributed by atoms with Crippen molar-refractivity contribution in [2.24, 2.45) is 5.92 Å². The summed E-state index contributed by atoms with van der Waals surface area (Å²) in [4.78, 5) is 12.9. The van der Waals surface area contributed by atoms with Gasteiger partial charge in [0.1, 0.15) is 0 Å². The zero-order valence-corrected chi connectivity index (χ0v) is 15.4. The molecule has 1 atom stereocenters. The molecule has 132 valence electrons. The molecule has 1 amide bonds. The molecule has 2 aromatic rings. The molecule has 2 aromatic carbocycles. The minimum atomic E-state index is 0.00463. The zero-order valence-electron chi connectivity index (χ0n) is 15.4. The molecule has 25 heavy (non-hydrogen) atoms. The standard InChI is InChI=1S/C23H29NO/c1-3-5-12-19(4-2)18-24-23(25)22(21-15-10-7-11-16-21)17-20-13-8-6-9-14-20/h6-11,13-17,19H,3-5,12,18H2,1-2H3,(H,24,25)/b22-17-. The summed E-state index contributed by atoms with van der Waals surface area (Å²) in [6.07, 6.45) is 6.67. The molecular formula is C23H29NO. The third-order valence-electron chi connectivity index (χ3n) is 4.53. The van der Waals surface area contributed by atoms with Crippen molar-refractivity contribution in [2.45, 2.75) is 39.5 Å². The number of hydrogen-bond acceptors (Lipinski definition) is 1. The van der Waals surface area contributed by atoms with Gasteiger partial charge in [-0.25, -0.2) is 0 Å². The van der Waals surface area contributed by atoms with Gasteiger partial charge in [0.2, 0.25) is 0 Å². The summed E-state index contributed by atoms with van der Waals surface area (Å²) in [5, 5.41) is 3.15. The van der Waals surface area contributed by atoms with E-state index in [-0.39, 0.29) is 5.91 Å². The number of unbranched alkanes of at least 4 members (excludes halogenated alkanes) is 1. The lowest BCUT2D eigenvalue weighted by Crippen LogP contribution is -2.29. The van der Waals surface area contributed by atoms with Crippen LogP contribution in [0.5, 0.6) is 0 Å². The first-order chi connectivity index (χ1) is 12.2. The second-order valence-electron chi connectivity index (χ2n) is 6.46. The molecule has 0 heterocycles. The Morgan fingerprint density at radius 1 is 1.00 bits per heavy atom. The van der Waals surface area contributed by atoms with E-state index in [9.17, 15) is 4.79 Å². The third kappa shape index (κ3) is 6.22. The molecule has 0 radical (unpaired) electrons. The number of hydrogen-bond donors (Lipinski definition) is 1. The molecule has 0 saturated heterocycles. The maximum Gasteiger partial charge on any atom is 0.251 e. The van der Waals surface area contributed by atoms with Crippen LogP contribution in [0.25, 0.3) is 11.6 Å². The van der Waals surface area contributed by atoms with Crippen LogP contribution in [-0.4, -0.2) is 12.5 Å². The van der Waals surface area contributed by atoms with Crippen molar-refractivity contribution in [3.8, 4) is 0 Å². The monoisotopic (exact) mass is 335 g/mol. The van der Waals surface area contributed by atoms with Crippen LogP contribution in [0.1, 0.15) is 50.7 Å². The molecule has 0 aliphatic rings. The van der Waals surface area contributed by atoms with Gasteiger partial charge in [0, 0.05) is 12.1 Å². The van der Waals surface area contributed by atoms with E-state index in [4.69, 9.17) is 0 Å². The maximum atomic E-state index is 12.9. The van der Waals surface area contributed by atoms with Crippen LogP contribution in [0.2, 0.25) is 0 Å². The minimum Gasteiger partial charge on any atom is -0.352 e. The van der Waals surface area contributed by atoms with Gasteiger partial charge in [0.25, 0.3) is 5.91 Å². The quantitative estimate of drug-likeness (QED) is 0.472. The Hall–Kier alpha value is -2.35. The smallest absolute Gasteiger partial charge is 0.251 e. The molecule has 0 aliphatic heterocycles. The zero-order chi connectivity index (χ0) is 17.9. The molecule has 1 unspecified atom stereocenters. The highest BCUT2D eigenvalue weighted by Crippen LogP contribution is 2.19. The molecule has 0 bridgehead atoms. The van der Waals surface area contributed by atoms with Gasteiger partial charge in [-0.15, -0.1) is 0 Å². The number of carbonyl (C=O) groups is 1. The first-order valence-corrected chi connectivity index (χ1v) is 9.35. The van der Waals surface area contributed by atoms with Crippen molar-refractivity contribution in [1.29, 1.82) is 0 Å². The maximum absolute atomic E-state index is 12.9. The summed E-state index contributed by atoms with van der Waals surface area (Å²) < 4.78 is 0. The van der Waals surface area contributed by atoms with E-state index in [1.807, 2.05) is 66.7 Å².